The quantitative estimate of drug-likeness (QED) is 0.803. The summed E-state index contributed by atoms with van der Waals surface area (Å²) in [5, 5.41) is 8.67. The van der Waals surface area contributed by atoms with Crippen molar-refractivity contribution in [2.24, 2.45) is 0 Å². The lowest BCUT2D eigenvalue weighted by molar-refractivity contribution is 0.516. The number of nitrogens with zero attached hydrogens (tertiary/aromatic N) is 2. The van der Waals surface area contributed by atoms with Gasteiger partial charge in [0.15, 0.2) is 0 Å². The summed E-state index contributed by atoms with van der Waals surface area (Å²) in [7, 11) is -3.66. The van der Waals surface area contributed by atoms with Gasteiger partial charge in [0.2, 0.25) is 0 Å². The van der Waals surface area contributed by atoms with Gasteiger partial charge in [0.05, 0.1) is 11.0 Å². The van der Waals surface area contributed by atoms with Crippen molar-refractivity contribution < 1.29 is 12.8 Å². The number of benzene rings is 1. The Kier molecular flexibility index (Phi) is 2.86. The van der Waals surface area contributed by atoms with Crippen molar-refractivity contribution >= 4 is 10.0 Å². The molecular weight excluding hydrogens is 243 g/mol. The smallest absolute Gasteiger partial charge is 0.263 e. The first-order valence-electron chi connectivity index (χ1n) is 4.92. The van der Waals surface area contributed by atoms with Crippen molar-refractivity contribution in [1.82, 2.24) is 4.31 Å². The molecule has 0 radical (unpaired) electrons. The first-order valence-corrected chi connectivity index (χ1v) is 6.36. The molecule has 0 N–H and O–H groups in total. The van der Waals surface area contributed by atoms with Crippen LogP contribution in [0.25, 0.3) is 0 Å². The van der Waals surface area contributed by atoms with Crippen molar-refractivity contribution in [3.8, 4) is 6.07 Å². The van der Waals surface area contributed by atoms with Crippen LogP contribution in [-0.2, 0) is 10.0 Å². The second-order valence-electron chi connectivity index (χ2n) is 3.59. The van der Waals surface area contributed by atoms with Crippen molar-refractivity contribution in [3.63, 3.8) is 0 Å². The van der Waals surface area contributed by atoms with E-state index in [1.54, 1.807) is 0 Å². The molecular formula is C11H9FN2O2S. The minimum Gasteiger partial charge on any atom is -0.272 e. The summed E-state index contributed by atoms with van der Waals surface area (Å²) in [6.07, 6.45) is 1.73. The second-order valence-corrected chi connectivity index (χ2v) is 5.48. The van der Waals surface area contributed by atoms with Gasteiger partial charge in [0, 0.05) is 24.7 Å². The summed E-state index contributed by atoms with van der Waals surface area (Å²) in [4.78, 5) is 0.0225. The SMILES string of the molecule is N#CC1=CN(S(=O)(=O)c2ccc(F)cc2)CC1. The van der Waals surface area contributed by atoms with Gasteiger partial charge in [0.1, 0.15) is 5.82 Å². The van der Waals surface area contributed by atoms with Crippen LogP contribution in [0.1, 0.15) is 6.42 Å². The Balaban J connectivity index is 2.36. The molecule has 1 aromatic carbocycles. The molecule has 4 nitrogen and oxygen atoms in total. The molecule has 0 amide bonds. The second kappa shape index (κ2) is 4.18. The minimum absolute atomic E-state index is 0.0225. The molecule has 1 aliphatic rings. The van der Waals surface area contributed by atoms with Crippen LogP contribution in [0.3, 0.4) is 0 Å². The van der Waals surface area contributed by atoms with E-state index in [2.05, 4.69) is 0 Å². The molecule has 1 aromatic rings. The van der Waals surface area contributed by atoms with Crippen molar-refractivity contribution in [2.45, 2.75) is 11.3 Å². The van der Waals surface area contributed by atoms with Gasteiger partial charge in [-0.15, -0.1) is 0 Å². The van der Waals surface area contributed by atoms with E-state index < -0.39 is 15.8 Å². The average Bonchev–Trinajstić information content (AvgIpc) is 2.78. The number of sulfonamides is 1. The third kappa shape index (κ3) is 2.15. The van der Waals surface area contributed by atoms with E-state index in [4.69, 9.17) is 5.26 Å². The maximum atomic E-state index is 12.7. The highest BCUT2D eigenvalue weighted by molar-refractivity contribution is 7.89. The Morgan fingerprint density at radius 1 is 1.29 bits per heavy atom. The highest BCUT2D eigenvalue weighted by Gasteiger charge is 2.25. The molecule has 88 valence electrons. The molecule has 0 saturated heterocycles. The van der Waals surface area contributed by atoms with Gasteiger partial charge in [-0.2, -0.15) is 5.26 Å². The van der Waals surface area contributed by atoms with E-state index in [9.17, 15) is 12.8 Å². The maximum absolute atomic E-state index is 12.7. The van der Waals surface area contributed by atoms with Gasteiger partial charge in [-0.1, -0.05) is 0 Å². The van der Waals surface area contributed by atoms with Crippen LogP contribution in [0.4, 0.5) is 4.39 Å². The summed E-state index contributed by atoms with van der Waals surface area (Å²) < 4.78 is 37.9. The Labute approximate surface area is 98.6 Å². The molecule has 0 atom stereocenters. The van der Waals surface area contributed by atoms with E-state index in [0.717, 1.165) is 16.4 Å². The largest absolute Gasteiger partial charge is 0.272 e. The molecule has 0 saturated carbocycles. The zero-order valence-electron chi connectivity index (χ0n) is 8.80. The van der Waals surface area contributed by atoms with Crippen LogP contribution < -0.4 is 0 Å². The van der Waals surface area contributed by atoms with Gasteiger partial charge in [0.25, 0.3) is 10.0 Å². The fourth-order valence-corrected chi connectivity index (χ4v) is 2.90. The fraction of sp³-hybridized carbons (Fsp3) is 0.182. The van der Waals surface area contributed by atoms with Crippen LogP contribution in [0.15, 0.2) is 40.9 Å². The summed E-state index contributed by atoms with van der Waals surface area (Å²) in [6, 6.07) is 6.53. The monoisotopic (exact) mass is 252 g/mol. The van der Waals surface area contributed by atoms with E-state index >= 15 is 0 Å². The summed E-state index contributed by atoms with van der Waals surface area (Å²) >= 11 is 0. The van der Waals surface area contributed by atoms with Crippen LogP contribution in [0.2, 0.25) is 0 Å². The van der Waals surface area contributed by atoms with Crippen molar-refractivity contribution in [1.29, 1.82) is 5.26 Å². The summed E-state index contributed by atoms with van der Waals surface area (Å²) in [6.45, 7) is 0.253. The molecule has 0 spiro atoms. The highest BCUT2D eigenvalue weighted by atomic mass is 32.2. The molecule has 0 bridgehead atoms. The number of hydrogen-bond donors (Lipinski definition) is 0. The average molecular weight is 252 g/mol. The van der Waals surface area contributed by atoms with E-state index in [0.29, 0.717) is 12.0 Å². The molecule has 1 heterocycles. The Morgan fingerprint density at radius 3 is 2.47 bits per heavy atom. The molecule has 17 heavy (non-hydrogen) atoms. The van der Waals surface area contributed by atoms with Crippen LogP contribution in [0, 0.1) is 17.1 Å². The number of nitriles is 1. The predicted octanol–water partition coefficient (Wildman–Crippen LogP) is 1.63. The molecule has 1 aliphatic heterocycles. The van der Waals surface area contributed by atoms with Gasteiger partial charge in [-0.25, -0.2) is 12.8 Å². The summed E-state index contributed by atoms with van der Waals surface area (Å²) in [5.74, 6) is -0.487. The van der Waals surface area contributed by atoms with Crippen LogP contribution in [-0.4, -0.2) is 19.3 Å². The number of rotatable bonds is 2. The fourth-order valence-electron chi connectivity index (χ4n) is 1.55. The topological polar surface area (TPSA) is 61.2 Å². The molecule has 6 heteroatoms. The van der Waals surface area contributed by atoms with E-state index in [1.807, 2.05) is 6.07 Å². The first kappa shape index (κ1) is 11.6. The number of halogens is 1. The van der Waals surface area contributed by atoms with Gasteiger partial charge >= 0.3 is 0 Å². The third-order valence-corrected chi connectivity index (χ3v) is 4.24. The standard InChI is InChI=1S/C11H9FN2O2S/c12-10-1-3-11(4-2-10)17(15,16)14-6-5-9(7-13)8-14/h1-4,8H,5-6H2. The summed E-state index contributed by atoms with van der Waals surface area (Å²) in [5.41, 5.74) is 0.427. The Morgan fingerprint density at radius 2 is 1.94 bits per heavy atom. The highest BCUT2D eigenvalue weighted by Crippen LogP contribution is 2.22. The Bertz CT molecular complexity index is 599. The molecule has 0 unspecified atom stereocenters. The van der Waals surface area contributed by atoms with Crippen molar-refractivity contribution in [2.75, 3.05) is 6.54 Å². The first-order chi connectivity index (χ1) is 8.04. The third-order valence-electron chi connectivity index (χ3n) is 2.47. The van der Waals surface area contributed by atoms with Gasteiger partial charge < -0.3 is 0 Å². The maximum Gasteiger partial charge on any atom is 0.263 e. The number of hydrogen-bond acceptors (Lipinski definition) is 3. The molecule has 2 rings (SSSR count). The lowest BCUT2D eigenvalue weighted by Crippen LogP contribution is -2.23. The zero-order chi connectivity index (χ0) is 12.5. The molecule has 0 aliphatic carbocycles. The van der Waals surface area contributed by atoms with Crippen LogP contribution >= 0.6 is 0 Å². The normalized spacial score (nSPS) is 15.5. The van der Waals surface area contributed by atoms with Gasteiger partial charge in [-0.3, -0.25) is 4.31 Å². The van der Waals surface area contributed by atoms with E-state index in [1.165, 1.54) is 18.3 Å². The lowest BCUT2D eigenvalue weighted by atomic mass is 10.3. The van der Waals surface area contributed by atoms with Crippen LogP contribution in [0.5, 0.6) is 0 Å². The van der Waals surface area contributed by atoms with E-state index in [-0.39, 0.29) is 11.4 Å². The predicted molar refractivity (Wildman–Crippen MR) is 58.6 cm³/mol. The lowest BCUT2D eigenvalue weighted by Gasteiger charge is -2.15. The van der Waals surface area contributed by atoms with Gasteiger partial charge in [-0.05, 0) is 24.3 Å². The molecule has 0 aromatic heterocycles. The zero-order valence-corrected chi connectivity index (χ0v) is 9.61. The Hall–Kier alpha value is -1.87. The van der Waals surface area contributed by atoms with Crippen molar-refractivity contribution in [3.05, 3.63) is 41.9 Å². The minimum atomic E-state index is -3.66. The molecule has 0 fully saturated rings.